The molecule has 0 bridgehead atoms. The summed E-state index contributed by atoms with van der Waals surface area (Å²) in [5, 5.41) is 13.3. The fraction of sp³-hybridized carbons (Fsp3) is 0.378. The van der Waals surface area contributed by atoms with E-state index in [-0.39, 0.29) is 17.9 Å². The molecule has 2 aliphatic heterocycles. The van der Waals surface area contributed by atoms with Gasteiger partial charge in [-0.3, -0.25) is 9.78 Å². The summed E-state index contributed by atoms with van der Waals surface area (Å²) >= 11 is 0. The van der Waals surface area contributed by atoms with Gasteiger partial charge in [-0.25, -0.2) is 24.5 Å². The maximum absolute atomic E-state index is 13.5. The second kappa shape index (κ2) is 16.0. The molecule has 3 atom stereocenters. The standard InChI is InChI=1S/C35H39N9O3.C2HF3O2/c1-20(2)31(43-35(46)47-3)34(45)44-15-5-7-30(44)33-39-18-28(42-33)22-10-8-21(9-11-22)27-17-37-26-16-23(12-13-24(26)40-27)29-19-38-32(41-29)25-6-4-14-36-25;3-2(4,5)1(6)7/h8-13,16-20,25,30-31,36H,4-7,14-15H2,1-3H3,(H,38,41)(H,39,42)(H,43,46);(H,6,7)/t25-,30-,31-;/m0./s1. The summed E-state index contributed by atoms with van der Waals surface area (Å²) in [4.78, 5) is 61.9. The second-order valence-electron chi connectivity index (χ2n) is 13.4. The van der Waals surface area contributed by atoms with Crippen LogP contribution in [0.25, 0.3) is 44.8 Å². The van der Waals surface area contributed by atoms with Gasteiger partial charge in [-0.15, -0.1) is 0 Å². The van der Waals surface area contributed by atoms with Gasteiger partial charge in [0.25, 0.3) is 0 Å². The third-order valence-electron chi connectivity index (χ3n) is 9.41. The number of carbonyl (C=O) groups is 3. The van der Waals surface area contributed by atoms with E-state index in [1.165, 1.54) is 13.5 Å². The molecule has 17 heteroatoms. The number of methoxy groups -OCH3 is 1. The number of amides is 2. The number of benzene rings is 2. The molecule has 5 heterocycles. The van der Waals surface area contributed by atoms with Crippen LogP contribution in [-0.4, -0.2) is 90.3 Å². The highest BCUT2D eigenvalue weighted by Crippen LogP contribution is 2.33. The number of carboxylic acids is 1. The molecule has 54 heavy (non-hydrogen) atoms. The maximum atomic E-state index is 13.5. The highest BCUT2D eigenvalue weighted by molar-refractivity contribution is 5.86. The van der Waals surface area contributed by atoms with Crippen molar-refractivity contribution in [2.45, 2.75) is 63.8 Å². The SMILES string of the molecule is COC(=O)N[C@H](C(=O)N1CCC[C@H]1c1ncc(-c2ccc(-c3cnc4cc(-c5cnc([C@@H]6CCCN6)[nH]5)ccc4n3)cc2)[nH]1)C(C)C.O=C(O)C(F)(F)F. The zero-order valence-corrected chi connectivity index (χ0v) is 29.8. The Kier molecular flexibility index (Phi) is 11.3. The van der Waals surface area contributed by atoms with Crippen molar-refractivity contribution in [1.82, 2.24) is 45.4 Å². The third kappa shape index (κ3) is 8.51. The highest BCUT2D eigenvalue weighted by Gasteiger charge is 2.39. The zero-order valence-electron chi connectivity index (χ0n) is 29.8. The lowest BCUT2D eigenvalue weighted by atomic mass is 10.0. The normalized spacial score (nSPS) is 17.6. The molecule has 284 valence electrons. The van der Waals surface area contributed by atoms with Crippen LogP contribution in [-0.2, 0) is 14.3 Å². The van der Waals surface area contributed by atoms with Crippen molar-refractivity contribution in [3.05, 3.63) is 72.7 Å². The number of alkyl halides is 3. The van der Waals surface area contributed by atoms with E-state index >= 15 is 0 Å². The van der Waals surface area contributed by atoms with Gasteiger partial charge in [-0.2, -0.15) is 13.2 Å². The number of hydrogen-bond donors (Lipinski definition) is 5. The summed E-state index contributed by atoms with van der Waals surface area (Å²) in [7, 11) is 1.30. The molecule has 0 unspecified atom stereocenters. The predicted octanol–water partition coefficient (Wildman–Crippen LogP) is 6.18. The van der Waals surface area contributed by atoms with Crippen molar-refractivity contribution >= 4 is 29.0 Å². The first-order valence-electron chi connectivity index (χ1n) is 17.5. The highest BCUT2D eigenvalue weighted by atomic mass is 19.4. The third-order valence-corrected chi connectivity index (χ3v) is 9.41. The van der Waals surface area contributed by atoms with E-state index in [2.05, 4.69) is 36.6 Å². The number of alkyl carbamates (subject to hydrolysis) is 1. The molecule has 2 aliphatic rings. The van der Waals surface area contributed by atoms with Crippen LogP contribution in [0.5, 0.6) is 0 Å². The lowest BCUT2D eigenvalue weighted by Crippen LogP contribution is -2.51. The number of nitrogens with zero attached hydrogens (tertiary/aromatic N) is 5. The first-order valence-corrected chi connectivity index (χ1v) is 17.5. The van der Waals surface area contributed by atoms with Gasteiger partial charge in [0.1, 0.15) is 17.7 Å². The number of nitrogens with one attached hydrogen (secondary N) is 4. The van der Waals surface area contributed by atoms with Gasteiger partial charge in [-0.1, -0.05) is 44.2 Å². The molecule has 3 aromatic heterocycles. The van der Waals surface area contributed by atoms with Crippen molar-refractivity contribution in [2.75, 3.05) is 20.2 Å². The van der Waals surface area contributed by atoms with E-state index in [4.69, 9.17) is 24.6 Å². The number of aromatic amines is 2. The molecule has 2 fully saturated rings. The zero-order chi connectivity index (χ0) is 38.6. The van der Waals surface area contributed by atoms with E-state index in [1.54, 1.807) is 12.4 Å². The summed E-state index contributed by atoms with van der Waals surface area (Å²) < 4.78 is 36.5. The predicted molar refractivity (Wildman–Crippen MR) is 192 cm³/mol. The van der Waals surface area contributed by atoms with Crippen molar-refractivity contribution in [3.8, 4) is 33.8 Å². The molecule has 0 aliphatic carbocycles. The molecule has 0 saturated carbocycles. The van der Waals surface area contributed by atoms with Gasteiger partial charge in [-0.05, 0) is 55.8 Å². The minimum absolute atomic E-state index is 0.0901. The molecular weight excluding hydrogens is 707 g/mol. The van der Waals surface area contributed by atoms with Crippen LogP contribution in [0, 0.1) is 5.92 Å². The van der Waals surface area contributed by atoms with Crippen LogP contribution in [0.1, 0.15) is 63.3 Å². The van der Waals surface area contributed by atoms with Gasteiger partial charge in [0, 0.05) is 17.7 Å². The van der Waals surface area contributed by atoms with Crippen LogP contribution in [0.15, 0.2) is 61.1 Å². The van der Waals surface area contributed by atoms with Gasteiger partial charge in [0.15, 0.2) is 0 Å². The van der Waals surface area contributed by atoms with Crippen molar-refractivity contribution in [3.63, 3.8) is 0 Å². The van der Waals surface area contributed by atoms with Crippen molar-refractivity contribution < 1.29 is 37.4 Å². The number of aliphatic carboxylic acids is 1. The number of ether oxygens (including phenoxy) is 1. The number of halogens is 3. The Morgan fingerprint density at radius 1 is 0.889 bits per heavy atom. The van der Waals surface area contributed by atoms with Gasteiger partial charge in [0.05, 0.1) is 65.9 Å². The van der Waals surface area contributed by atoms with Crippen LogP contribution >= 0.6 is 0 Å². The van der Waals surface area contributed by atoms with Crippen molar-refractivity contribution in [2.24, 2.45) is 5.92 Å². The van der Waals surface area contributed by atoms with Crippen LogP contribution in [0.4, 0.5) is 18.0 Å². The Morgan fingerprint density at radius 3 is 2.19 bits per heavy atom. The fourth-order valence-electron chi connectivity index (χ4n) is 6.56. The van der Waals surface area contributed by atoms with Crippen LogP contribution in [0.2, 0.25) is 0 Å². The van der Waals surface area contributed by atoms with E-state index in [1.807, 2.05) is 61.3 Å². The van der Waals surface area contributed by atoms with Gasteiger partial charge in [0.2, 0.25) is 5.91 Å². The maximum Gasteiger partial charge on any atom is 0.490 e. The second-order valence-corrected chi connectivity index (χ2v) is 13.4. The van der Waals surface area contributed by atoms with Crippen LogP contribution in [0.3, 0.4) is 0 Å². The molecule has 2 saturated heterocycles. The minimum Gasteiger partial charge on any atom is -0.475 e. The fourth-order valence-corrected chi connectivity index (χ4v) is 6.56. The minimum atomic E-state index is -5.08. The lowest BCUT2D eigenvalue weighted by Gasteiger charge is -2.30. The van der Waals surface area contributed by atoms with E-state index in [0.717, 1.165) is 82.3 Å². The Labute approximate surface area is 308 Å². The largest absolute Gasteiger partial charge is 0.490 e. The topological polar surface area (TPSA) is 191 Å². The molecule has 7 rings (SSSR count). The molecule has 14 nitrogen and oxygen atoms in total. The summed E-state index contributed by atoms with van der Waals surface area (Å²) in [6.07, 6.45) is 3.73. The number of likely N-dealkylation sites (tertiary alicyclic amines) is 1. The van der Waals surface area contributed by atoms with E-state index in [0.29, 0.717) is 12.6 Å². The number of aromatic nitrogens is 6. The molecule has 0 radical (unpaired) electrons. The average Bonchev–Trinajstić information content (AvgIpc) is 4.00. The Morgan fingerprint density at radius 2 is 1.54 bits per heavy atom. The molecule has 5 N–H and O–H groups in total. The van der Waals surface area contributed by atoms with Crippen molar-refractivity contribution in [1.29, 1.82) is 0 Å². The molecule has 0 spiro atoms. The number of imidazole rings is 2. The number of H-pyrrole nitrogens is 2. The molecule has 2 aromatic carbocycles. The summed E-state index contributed by atoms with van der Waals surface area (Å²) in [6, 6.07) is 13.6. The Hall–Kier alpha value is -5.84. The molecule has 5 aromatic rings. The van der Waals surface area contributed by atoms with E-state index in [9.17, 15) is 22.8 Å². The quantitative estimate of drug-likeness (QED) is 0.123. The molecular formula is C37H40F3N9O5. The van der Waals surface area contributed by atoms with E-state index < -0.39 is 24.3 Å². The first kappa shape index (κ1) is 37.9. The summed E-state index contributed by atoms with van der Waals surface area (Å²) in [5.41, 5.74) is 7.23. The number of rotatable bonds is 8. The average molecular weight is 748 g/mol. The van der Waals surface area contributed by atoms with Gasteiger partial charge < -0.3 is 35.3 Å². The first-order chi connectivity index (χ1) is 25.8. The van der Waals surface area contributed by atoms with Gasteiger partial charge >= 0.3 is 18.2 Å². The number of carbonyl (C=O) groups excluding carboxylic acids is 2. The Bertz CT molecular complexity index is 2110. The monoisotopic (exact) mass is 747 g/mol. The smallest absolute Gasteiger partial charge is 0.475 e. The Balaban J connectivity index is 0.000000649. The number of fused-ring (bicyclic) bond motifs is 1. The summed E-state index contributed by atoms with van der Waals surface area (Å²) in [6.45, 7) is 5.45. The number of carboxylic acid groups (broad SMARTS) is 1. The molecule has 2 amide bonds. The number of hydrogen-bond acceptors (Lipinski definition) is 9. The van der Waals surface area contributed by atoms with Crippen LogP contribution < -0.4 is 10.6 Å². The lowest BCUT2D eigenvalue weighted by molar-refractivity contribution is -0.192. The summed E-state index contributed by atoms with van der Waals surface area (Å²) in [5.74, 6) is -1.26.